The number of imidazole rings is 1. The second kappa shape index (κ2) is 15.4. The monoisotopic (exact) mass is 608 g/mol. The van der Waals surface area contributed by atoms with Crippen molar-refractivity contribution in [3.05, 3.63) is 59.7 Å². The molecule has 236 valence electrons. The summed E-state index contributed by atoms with van der Waals surface area (Å²) >= 11 is 0. The summed E-state index contributed by atoms with van der Waals surface area (Å²) in [5.41, 5.74) is 9.36. The smallest absolute Gasteiger partial charge is 0.343 e. The van der Waals surface area contributed by atoms with Crippen LogP contribution in [-0.4, -0.2) is 89.8 Å². The third kappa shape index (κ3) is 7.80. The van der Waals surface area contributed by atoms with Crippen molar-refractivity contribution in [2.24, 2.45) is 0 Å². The number of para-hydroxylation sites is 1. The van der Waals surface area contributed by atoms with Gasteiger partial charge < -0.3 is 29.4 Å². The molecule has 1 amide bonds. The normalized spacial score (nSPS) is 11.4. The van der Waals surface area contributed by atoms with Gasteiger partial charge in [0.2, 0.25) is 5.91 Å². The summed E-state index contributed by atoms with van der Waals surface area (Å²) in [7, 11) is 2.89. The minimum absolute atomic E-state index is 0.0379. The Balaban J connectivity index is 1.60. The summed E-state index contributed by atoms with van der Waals surface area (Å²) in [6.07, 6.45) is 1.21. The molecule has 11 nitrogen and oxygen atoms in total. The van der Waals surface area contributed by atoms with Crippen LogP contribution in [0.15, 0.2) is 42.5 Å². The van der Waals surface area contributed by atoms with Gasteiger partial charge >= 0.3 is 5.97 Å². The third-order valence-electron chi connectivity index (χ3n) is 7.58. The topological polar surface area (TPSA) is 125 Å². The summed E-state index contributed by atoms with van der Waals surface area (Å²) in [5, 5.41) is 0.952. The van der Waals surface area contributed by atoms with E-state index in [1.54, 1.807) is 18.1 Å². The van der Waals surface area contributed by atoms with Crippen LogP contribution in [0.25, 0.3) is 21.9 Å². The largest absolute Gasteiger partial charge is 0.479 e. The fourth-order valence-electron chi connectivity index (χ4n) is 5.15. The first-order chi connectivity index (χ1) is 21.3. The van der Waals surface area contributed by atoms with Gasteiger partial charge in [0.25, 0.3) is 0 Å². The van der Waals surface area contributed by atoms with Gasteiger partial charge in [0.05, 0.1) is 31.3 Å². The average molecular weight is 609 g/mol. The minimum atomic E-state index is -0.618. The molecule has 0 aliphatic rings. The number of rotatable bonds is 16. The maximum absolute atomic E-state index is 14.4. The molecule has 0 atom stereocenters. The predicted molar refractivity (Wildman–Crippen MR) is 167 cm³/mol. The molecule has 2 aromatic carbocycles. The van der Waals surface area contributed by atoms with Crippen molar-refractivity contribution in [1.29, 1.82) is 0 Å². The first kappa shape index (κ1) is 32.6. The van der Waals surface area contributed by atoms with Crippen molar-refractivity contribution in [3.8, 4) is 5.75 Å². The molecule has 0 spiro atoms. The lowest BCUT2D eigenvalue weighted by Gasteiger charge is -2.27. The van der Waals surface area contributed by atoms with Crippen LogP contribution >= 0.6 is 0 Å². The van der Waals surface area contributed by atoms with E-state index in [1.807, 2.05) is 38.1 Å². The molecule has 2 aromatic heterocycles. The summed E-state index contributed by atoms with van der Waals surface area (Å²) < 4.78 is 31.9. The van der Waals surface area contributed by atoms with Crippen molar-refractivity contribution in [2.75, 3.05) is 59.3 Å². The van der Waals surface area contributed by atoms with Gasteiger partial charge in [0, 0.05) is 38.6 Å². The lowest BCUT2D eigenvalue weighted by Crippen LogP contribution is -2.40. The Morgan fingerprint density at radius 2 is 1.84 bits per heavy atom. The van der Waals surface area contributed by atoms with Crippen LogP contribution in [0.4, 0.5) is 10.2 Å². The number of hydrogen-bond acceptors (Lipinski definition) is 9. The van der Waals surface area contributed by atoms with E-state index in [0.29, 0.717) is 49.4 Å². The number of carbonyl (C=O) groups excluding carboxylic acids is 2. The van der Waals surface area contributed by atoms with Gasteiger partial charge in [-0.15, -0.1) is 0 Å². The van der Waals surface area contributed by atoms with Crippen LogP contribution in [0.3, 0.4) is 0 Å². The SMILES string of the molecule is CCN(CC)CC(=O)N(CCCn1c(CCOC)nc2c(N)nc3ccccc3c21)Cc1ccc(F)c(OCC(=O)OC)c1. The highest BCUT2D eigenvalue weighted by atomic mass is 19.1. The van der Waals surface area contributed by atoms with E-state index in [4.69, 9.17) is 20.2 Å². The van der Waals surface area contributed by atoms with E-state index in [1.165, 1.54) is 19.2 Å². The molecule has 0 fully saturated rings. The Morgan fingerprint density at radius 3 is 2.57 bits per heavy atom. The highest BCUT2D eigenvalue weighted by Gasteiger charge is 2.20. The van der Waals surface area contributed by atoms with Gasteiger partial charge in [-0.05, 0) is 43.3 Å². The van der Waals surface area contributed by atoms with E-state index in [0.717, 1.165) is 35.3 Å². The number of methoxy groups -OCH3 is 2. The fraction of sp³-hybridized carbons (Fsp3) is 0.438. The first-order valence-corrected chi connectivity index (χ1v) is 14.8. The van der Waals surface area contributed by atoms with E-state index < -0.39 is 18.4 Å². The van der Waals surface area contributed by atoms with Gasteiger partial charge in [-0.3, -0.25) is 9.69 Å². The Morgan fingerprint density at radius 1 is 1.07 bits per heavy atom. The molecule has 12 heteroatoms. The minimum Gasteiger partial charge on any atom is -0.479 e. The van der Waals surface area contributed by atoms with Gasteiger partial charge in [-0.25, -0.2) is 19.2 Å². The number of nitrogen functional groups attached to an aromatic ring is 1. The molecule has 0 unspecified atom stereocenters. The molecule has 0 saturated heterocycles. The van der Waals surface area contributed by atoms with Crippen LogP contribution in [0.1, 0.15) is 31.7 Å². The molecule has 4 aromatic rings. The van der Waals surface area contributed by atoms with Crippen LogP contribution < -0.4 is 10.5 Å². The zero-order chi connectivity index (χ0) is 31.6. The van der Waals surface area contributed by atoms with Crippen molar-refractivity contribution < 1.29 is 28.2 Å². The molecule has 0 saturated carbocycles. The number of amides is 1. The molecule has 4 rings (SSSR count). The first-order valence-electron chi connectivity index (χ1n) is 14.8. The van der Waals surface area contributed by atoms with E-state index in [2.05, 4.69) is 19.2 Å². The van der Waals surface area contributed by atoms with E-state index in [-0.39, 0.29) is 24.7 Å². The standard InChI is InChI=1S/C32H41FN6O5/c1-5-37(6-2)20-28(40)38(19-22-12-13-24(33)26(18-22)44-21-29(41)43-4)15-9-16-39-27(14-17-42-3)36-30-31(39)23-10-7-8-11-25(23)35-32(30)34/h7-8,10-13,18H,5-6,9,14-17,19-21H2,1-4H3,(H2,34,35). The zero-order valence-electron chi connectivity index (χ0n) is 25.8. The number of hydrogen-bond donors (Lipinski definition) is 1. The number of likely N-dealkylation sites (N-methyl/N-ethyl adjacent to an activating group) is 1. The van der Waals surface area contributed by atoms with Gasteiger partial charge in [0.15, 0.2) is 24.0 Å². The number of esters is 1. The van der Waals surface area contributed by atoms with Crippen LogP contribution in [0, 0.1) is 5.82 Å². The van der Waals surface area contributed by atoms with Gasteiger partial charge in [-0.1, -0.05) is 38.1 Å². The Hall–Kier alpha value is -4.29. The molecule has 0 bridgehead atoms. The number of carbonyl (C=O) groups is 2. The van der Waals surface area contributed by atoms with Crippen LogP contribution in [0.5, 0.6) is 5.75 Å². The number of halogens is 1. The van der Waals surface area contributed by atoms with Crippen molar-refractivity contribution >= 4 is 39.6 Å². The zero-order valence-corrected chi connectivity index (χ0v) is 25.8. The number of fused-ring (bicyclic) bond motifs is 3. The molecule has 2 N–H and O–H groups in total. The highest BCUT2D eigenvalue weighted by Crippen LogP contribution is 2.29. The number of pyridine rings is 1. The third-order valence-corrected chi connectivity index (χ3v) is 7.58. The number of anilines is 1. The molecule has 2 heterocycles. The molecular formula is C32H41FN6O5. The summed E-state index contributed by atoms with van der Waals surface area (Å²) in [4.78, 5) is 38.3. The molecule has 0 aliphatic carbocycles. The molecular weight excluding hydrogens is 567 g/mol. The second-order valence-corrected chi connectivity index (χ2v) is 10.4. The number of ether oxygens (including phenoxy) is 3. The molecule has 0 aliphatic heterocycles. The number of nitrogens with two attached hydrogens (primary N) is 1. The van der Waals surface area contributed by atoms with Crippen LogP contribution in [0.2, 0.25) is 0 Å². The highest BCUT2D eigenvalue weighted by molar-refractivity contribution is 6.06. The van der Waals surface area contributed by atoms with Gasteiger partial charge in [0.1, 0.15) is 11.3 Å². The second-order valence-electron chi connectivity index (χ2n) is 10.4. The molecule has 44 heavy (non-hydrogen) atoms. The fourth-order valence-corrected chi connectivity index (χ4v) is 5.15. The lowest BCUT2D eigenvalue weighted by molar-refractivity contribution is -0.143. The summed E-state index contributed by atoms with van der Waals surface area (Å²) in [5.74, 6) is -0.130. The maximum atomic E-state index is 14.4. The quantitative estimate of drug-likeness (QED) is 0.189. The predicted octanol–water partition coefficient (Wildman–Crippen LogP) is 3.81. The Labute approximate surface area is 256 Å². The Bertz CT molecular complexity index is 1590. The summed E-state index contributed by atoms with van der Waals surface area (Å²) in [6, 6.07) is 12.2. The number of aromatic nitrogens is 3. The van der Waals surface area contributed by atoms with E-state index >= 15 is 0 Å². The molecule has 0 radical (unpaired) electrons. The number of benzene rings is 2. The van der Waals surface area contributed by atoms with Crippen LogP contribution in [-0.2, 0) is 38.6 Å². The number of aryl methyl sites for hydroxylation is 1. The van der Waals surface area contributed by atoms with Crippen molar-refractivity contribution in [3.63, 3.8) is 0 Å². The average Bonchev–Trinajstić information content (AvgIpc) is 3.40. The lowest BCUT2D eigenvalue weighted by atomic mass is 10.1. The van der Waals surface area contributed by atoms with Gasteiger partial charge in [-0.2, -0.15) is 0 Å². The Kier molecular flexibility index (Phi) is 11.4. The summed E-state index contributed by atoms with van der Waals surface area (Å²) in [6.45, 7) is 7.12. The van der Waals surface area contributed by atoms with Crippen molar-refractivity contribution in [2.45, 2.75) is 39.8 Å². The van der Waals surface area contributed by atoms with E-state index in [9.17, 15) is 14.0 Å². The number of nitrogens with zero attached hydrogens (tertiary/aromatic N) is 5. The maximum Gasteiger partial charge on any atom is 0.343 e. The van der Waals surface area contributed by atoms with Crippen molar-refractivity contribution in [1.82, 2.24) is 24.3 Å².